The summed E-state index contributed by atoms with van der Waals surface area (Å²) in [4.78, 5) is 7.02. The molecule has 0 radical (unpaired) electrons. The van der Waals surface area contributed by atoms with Crippen molar-refractivity contribution in [2.24, 2.45) is 10.7 Å². The van der Waals surface area contributed by atoms with E-state index in [1.807, 2.05) is 0 Å². The largest absolute Gasteiger partial charge is 0.420 e. The Balaban J connectivity index is 3.18. The third kappa shape index (κ3) is 2.97. The predicted octanol–water partition coefficient (Wildman–Crippen LogP) is 1.86. The van der Waals surface area contributed by atoms with Crippen LogP contribution in [0.3, 0.4) is 0 Å². The van der Waals surface area contributed by atoms with Gasteiger partial charge in [0.15, 0.2) is 5.82 Å². The first-order chi connectivity index (χ1) is 7.45. The number of allylic oxidation sites excluding steroid dienone is 1. The van der Waals surface area contributed by atoms with Crippen LogP contribution in [-0.4, -0.2) is 11.2 Å². The Morgan fingerprint density at radius 2 is 2.06 bits per heavy atom. The number of nitrogens with zero attached hydrogens (tertiary/aromatic N) is 2. The molecule has 0 aliphatic carbocycles. The number of rotatable bonds is 2. The fourth-order valence-electron chi connectivity index (χ4n) is 0.949. The van der Waals surface area contributed by atoms with Crippen molar-refractivity contribution in [3.05, 3.63) is 30.1 Å². The van der Waals surface area contributed by atoms with E-state index < -0.39 is 17.6 Å². The Labute approximate surface area is 89.5 Å². The number of aromatic nitrogens is 1. The van der Waals surface area contributed by atoms with Crippen LogP contribution in [-0.2, 0) is 6.18 Å². The van der Waals surface area contributed by atoms with Gasteiger partial charge in [-0.05, 0) is 18.3 Å². The molecule has 1 aromatic heterocycles. The number of pyridine rings is 1. The predicted molar refractivity (Wildman–Crippen MR) is 55.1 cm³/mol. The normalized spacial score (nSPS) is 12.7. The van der Waals surface area contributed by atoms with Crippen LogP contribution in [0.25, 0.3) is 0 Å². The summed E-state index contributed by atoms with van der Waals surface area (Å²) in [6, 6.07) is 0.784. The third-order valence-corrected chi connectivity index (χ3v) is 1.59. The quantitative estimate of drug-likeness (QED) is 0.761. The van der Waals surface area contributed by atoms with Crippen LogP contribution >= 0.6 is 0 Å². The van der Waals surface area contributed by atoms with Crippen molar-refractivity contribution in [2.45, 2.75) is 6.18 Å². The van der Waals surface area contributed by atoms with Crippen molar-refractivity contribution in [1.82, 2.24) is 4.98 Å². The van der Waals surface area contributed by atoms with Gasteiger partial charge < -0.3 is 11.5 Å². The third-order valence-electron chi connectivity index (χ3n) is 1.59. The van der Waals surface area contributed by atoms with E-state index in [0.717, 1.165) is 24.7 Å². The van der Waals surface area contributed by atoms with E-state index in [0.29, 0.717) is 0 Å². The Morgan fingerprint density at radius 3 is 2.62 bits per heavy atom. The highest BCUT2D eigenvalue weighted by atomic mass is 19.4. The zero-order valence-corrected chi connectivity index (χ0v) is 8.07. The average molecular weight is 230 g/mol. The lowest BCUT2D eigenvalue weighted by molar-refractivity contribution is -0.137. The average Bonchev–Trinajstić information content (AvgIpc) is 2.19. The molecule has 86 valence electrons. The summed E-state index contributed by atoms with van der Waals surface area (Å²) < 4.78 is 37.6. The molecule has 0 saturated heterocycles. The number of halogens is 3. The standard InChI is InChI=1S/C9H9F3N4/c10-9(11,12)7-4-6(14)5-16-8(7)15-3-1-2-13/h1-5H,13-14H2. The van der Waals surface area contributed by atoms with Crippen LogP contribution < -0.4 is 11.5 Å². The van der Waals surface area contributed by atoms with E-state index in [-0.39, 0.29) is 5.69 Å². The molecular formula is C9H9F3N4. The fraction of sp³-hybridized carbons (Fsp3) is 0.111. The Hall–Kier alpha value is -2.05. The highest BCUT2D eigenvalue weighted by Crippen LogP contribution is 2.35. The van der Waals surface area contributed by atoms with Gasteiger partial charge in [0.05, 0.1) is 11.9 Å². The Morgan fingerprint density at radius 1 is 1.38 bits per heavy atom. The molecule has 16 heavy (non-hydrogen) atoms. The molecule has 0 unspecified atom stereocenters. The van der Waals surface area contributed by atoms with Gasteiger partial charge in [-0.25, -0.2) is 9.98 Å². The maximum absolute atomic E-state index is 12.5. The minimum atomic E-state index is -4.54. The molecule has 7 heteroatoms. The molecule has 0 saturated carbocycles. The van der Waals surface area contributed by atoms with E-state index in [1.54, 1.807) is 0 Å². The number of anilines is 1. The van der Waals surface area contributed by atoms with E-state index in [1.165, 1.54) is 6.08 Å². The fourth-order valence-corrected chi connectivity index (χ4v) is 0.949. The number of alkyl halides is 3. The van der Waals surface area contributed by atoms with Gasteiger partial charge in [0.1, 0.15) is 5.56 Å². The highest BCUT2D eigenvalue weighted by molar-refractivity contribution is 5.74. The monoisotopic (exact) mass is 230 g/mol. The summed E-state index contributed by atoms with van der Waals surface area (Å²) in [5, 5.41) is 0. The van der Waals surface area contributed by atoms with E-state index in [4.69, 9.17) is 11.5 Å². The van der Waals surface area contributed by atoms with Crippen LogP contribution in [0.1, 0.15) is 5.56 Å². The van der Waals surface area contributed by atoms with Gasteiger partial charge in [-0.15, -0.1) is 0 Å². The van der Waals surface area contributed by atoms with Crippen LogP contribution in [0, 0.1) is 0 Å². The van der Waals surface area contributed by atoms with Gasteiger partial charge in [0.2, 0.25) is 0 Å². The second-order valence-electron chi connectivity index (χ2n) is 2.80. The topological polar surface area (TPSA) is 77.3 Å². The molecule has 0 aromatic carbocycles. The summed E-state index contributed by atoms with van der Waals surface area (Å²) in [5.41, 5.74) is 9.19. The molecule has 0 spiro atoms. The summed E-state index contributed by atoms with van der Waals surface area (Å²) in [5.74, 6) is -0.445. The van der Waals surface area contributed by atoms with Gasteiger partial charge in [0.25, 0.3) is 0 Å². The van der Waals surface area contributed by atoms with E-state index >= 15 is 0 Å². The van der Waals surface area contributed by atoms with Gasteiger partial charge in [-0.3, -0.25) is 0 Å². The lowest BCUT2D eigenvalue weighted by atomic mass is 10.2. The second kappa shape index (κ2) is 4.65. The van der Waals surface area contributed by atoms with Gasteiger partial charge in [-0.1, -0.05) is 0 Å². The van der Waals surface area contributed by atoms with Crippen molar-refractivity contribution in [1.29, 1.82) is 0 Å². The molecule has 0 atom stereocenters. The summed E-state index contributed by atoms with van der Waals surface area (Å²) >= 11 is 0. The highest BCUT2D eigenvalue weighted by Gasteiger charge is 2.34. The molecule has 1 rings (SSSR count). The number of nitrogen functional groups attached to an aromatic ring is 1. The molecule has 0 amide bonds. The first-order valence-corrected chi connectivity index (χ1v) is 4.19. The van der Waals surface area contributed by atoms with Crippen LogP contribution in [0.5, 0.6) is 0 Å². The first kappa shape index (κ1) is 12.0. The molecule has 4 N–H and O–H groups in total. The molecule has 1 heterocycles. The molecule has 1 aromatic rings. The van der Waals surface area contributed by atoms with Crippen molar-refractivity contribution in [3.63, 3.8) is 0 Å². The maximum atomic E-state index is 12.5. The van der Waals surface area contributed by atoms with Gasteiger partial charge in [0, 0.05) is 6.21 Å². The van der Waals surface area contributed by atoms with E-state index in [9.17, 15) is 13.2 Å². The van der Waals surface area contributed by atoms with Crippen molar-refractivity contribution in [2.75, 3.05) is 5.73 Å². The second-order valence-corrected chi connectivity index (χ2v) is 2.80. The number of aliphatic imine (C=N–C) groups is 1. The van der Waals surface area contributed by atoms with Crippen molar-refractivity contribution >= 4 is 17.7 Å². The van der Waals surface area contributed by atoms with E-state index in [2.05, 4.69) is 9.98 Å². The SMILES string of the molecule is NC=CC=Nc1ncc(N)cc1C(F)(F)F. The molecule has 0 bridgehead atoms. The van der Waals surface area contributed by atoms with Crippen molar-refractivity contribution < 1.29 is 13.2 Å². The summed E-state index contributed by atoms with van der Waals surface area (Å²) in [6.45, 7) is 0. The molecule has 0 aliphatic rings. The van der Waals surface area contributed by atoms with Crippen LogP contribution in [0.4, 0.5) is 24.7 Å². The Kier molecular flexibility index (Phi) is 3.49. The number of hydrogen-bond acceptors (Lipinski definition) is 4. The smallest absolute Gasteiger partial charge is 0.405 e. The van der Waals surface area contributed by atoms with Gasteiger partial charge >= 0.3 is 6.18 Å². The molecule has 4 nitrogen and oxygen atoms in total. The summed E-state index contributed by atoms with van der Waals surface area (Å²) in [6.07, 6.45) is 0.121. The number of nitrogens with two attached hydrogens (primary N) is 2. The molecule has 0 aliphatic heterocycles. The zero-order chi connectivity index (χ0) is 12.2. The van der Waals surface area contributed by atoms with Crippen LogP contribution in [0.2, 0.25) is 0 Å². The molecule has 0 fully saturated rings. The zero-order valence-electron chi connectivity index (χ0n) is 8.07. The lowest BCUT2D eigenvalue weighted by Crippen LogP contribution is -2.07. The van der Waals surface area contributed by atoms with Gasteiger partial charge in [-0.2, -0.15) is 13.2 Å². The van der Waals surface area contributed by atoms with Crippen LogP contribution in [0.15, 0.2) is 29.5 Å². The maximum Gasteiger partial charge on any atom is 0.420 e. The minimum Gasteiger partial charge on any atom is -0.405 e. The minimum absolute atomic E-state index is 0.0689. The Bertz CT molecular complexity index is 423. The van der Waals surface area contributed by atoms with Crippen molar-refractivity contribution in [3.8, 4) is 0 Å². The lowest BCUT2D eigenvalue weighted by Gasteiger charge is -2.09. The first-order valence-electron chi connectivity index (χ1n) is 4.19. The molecular weight excluding hydrogens is 221 g/mol. The number of hydrogen-bond donors (Lipinski definition) is 2. The summed E-state index contributed by atoms with van der Waals surface area (Å²) in [7, 11) is 0.